The van der Waals surface area contributed by atoms with Crippen molar-refractivity contribution in [2.24, 2.45) is 0 Å². The minimum absolute atomic E-state index is 0.124. The molecule has 3 aromatic rings. The number of ether oxygens (including phenoxy) is 6. The van der Waals surface area contributed by atoms with Crippen molar-refractivity contribution in [1.82, 2.24) is 0 Å². The summed E-state index contributed by atoms with van der Waals surface area (Å²) < 4.78 is 32.1. The van der Waals surface area contributed by atoms with Gasteiger partial charge in [0.1, 0.15) is 48.4 Å². The number of esters is 2. The van der Waals surface area contributed by atoms with Gasteiger partial charge in [-0.25, -0.2) is 9.59 Å². The van der Waals surface area contributed by atoms with Crippen molar-refractivity contribution in [1.29, 1.82) is 0 Å². The predicted octanol–water partition coefficient (Wildman–Crippen LogP) is 4.33. The van der Waals surface area contributed by atoms with Crippen LogP contribution in [0.2, 0.25) is 5.02 Å². The molecule has 0 saturated carbocycles. The second-order valence-corrected chi connectivity index (χ2v) is 8.36. The summed E-state index contributed by atoms with van der Waals surface area (Å²) in [5.74, 6) is 0.497. The Morgan fingerprint density at radius 1 is 0.714 bits per heavy atom. The van der Waals surface area contributed by atoms with Crippen LogP contribution in [0.5, 0.6) is 23.0 Å². The van der Waals surface area contributed by atoms with Crippen LogP contribution >= 0.6 is 11.6 Å². The van der Waals surface area contributed by atoms with Crippen LogP contribution in [0.25, 0.3) is 0 Å². The van der Waals surface area contributed by atoms with Gasteiger partial charge in [-0.05, 0) is 60.7 Å². The fourth-order valence-electron chi connectivity index (χ4n) is 3.03. The Morgan fingerprint density at radius 2 is 1.17 bits per heavy atom. The molecule has 5 rings (SSSR count). The zero-order valence-electron chi connectivity index (χ0n) is 18.5. The van der Waals surface area contributed by atoms with Crippen molar-refractivity contribution in [2.45, 2.75) is 12.2 Å². The molecule has 8 nitrogen and oxygen atoms in total. The Kier molecular flexibility index (Phi) is 6.85. The molecule has 2 aliphatic heterocycles. The molecule has 0 aliphatic carbocycles. The Labute approximate surface area is 206 Å². The summed E-state index contributed by atoms with van der Waals surface area (Å²) >= 11 is 6.25. The number of carbonyl (C=O) groups excluding carboxylic acids is 2. The van der Waals surface area contributed by atoms with E-state index in [0.29, 0.717) is 49.1 Å². The number of benzene rings is 3. The number of hydrogen-bond acceptors (Lipinski definition) is 8. The highest BCUT2D eigenvalue weighted by molar-refractivity contribution is 6.32. The minimum atomic E-state index is -0.579. The van der Waals surface area contributed by atoms with Gasteiger partial charge in [0.2, 0.25) is 0 Å². The van der Waals surface area contributed by atoms with E-state index in [1.807, 2.05) is 0 Å². The standard InChI is InChI=1S/C26H21ClO8/c27-23-11-20(34-25(28)16-1-5-18(6-2-16)30-12-21-14-32-21)9-10-24(23)35-26(29)17-3-7-19(8-4-17)31-13-22-15-33-22/h1-11,21-22H,12-15H2. The third-order valence-corrected chi connectivity index (χ3v) is 5.47. The van der Waals surface area contributed by atoms with Gasteiger partial charge in [-0.3, -0.25) is 0 Å². The van der Waals surface area contributed by atoms with Crippen LogP contribution < -0.4 is 18.9 Å². The molecular formula is C26H21ClO8. The van der Waals surface area contributed by atoms with Crippen LogP contribution in [0.4, 0.5) is 0 Å². The van der Waals surface area contributed by atoms with Crippen LogP contribution in [0.1, 0.15) is 20.7 Å². The molecule has 0 amide bonds. The summed E-state index contributed by atoms with van der Waals surface area (Å²) in [5.41, 5.74) is 0.687. The maximum absolute atomic E-state index is 12.5. The van der Waals surface area contributed by atoms with E-state index in [0.717, 1.165) is 0 Å². The zero-order chi connectivity index (χ0) is 24.2. The first-order valence-corrected chi connectivity index (χ1v) is 11.3. The zero-order valence-corrected chi connectivity index (χ0v) is 19.2. The third-order valence-electron chi connectivity index (χ3n) is 5.17. The van der Waals surface area contributed by atoms with Gasteiger partial charge in [0.15, 0.2) is 0 Å². The Balaban J connectivity index is 1.15. The van der Waals surface area contributed by atoms with Crippen molar-refractivity contribution in [3.63, 3.8) is 0 Å². The lowest BCUT2D eigenvalue weighted by Gasteiger charge is -2.10. The summed E-state index contributed by atoms with van der Waals surface area (Å²) in [6, 6.07) is 17.5. The number of halogens is 1. The Bertz CT molecular complexity index is 1200. The first kappa shape index (κ1) is 23.2. The van der Waals surface area contributed by atoms with Crippen LogP contribution in [0.3, 0.4) is 0 Å². The molecule has 2 fully saturated rings. The summed E-state index contributed by atoms with van der Waals surface area (Å²) in [4.78, 5) is 24.9. The second-order valence-electron chi connectivity index (χ2n) is 7.95. The molecule has 2 aliphatic rings. The molecule has 0 bridgehead atoms. The lowest BCUT2D eigenvalue weighted by molar-refractivity contribution is 0.0719. The lowest BCUT2D eigenvalue weighted by atomic mass is 10.2. The maximum Gasteiger partial charge on any atom is 0.343 e. The van der Waals surface area contributed by atoms with Crippen LogP contribution in [0, 0.1) is 0 Å². The second kappa shape index (κ2) is 10.4. The van der Waals surface area contributed by atoms with Crippen LogP contribution in [0.15, 0.2) is 66.7 Å². The Hall–Kier alpha value is -3.59. The highest BCUT2D eigenvalue weighted by Gasteiger charge is 2.24. The molecule has 0 N–H and O–H groups in total. The molecule has 2 unspecified atom stereocenters. The fourth-order valence-corrected chi connectivity index (χ4v) is 3.24. The quantitative estimate of drug-likeness (QED) is 0.232. The maximum atomic E-state index is 12.5. The molecule has 2 saturated heterocycles. The van der Waals surface area contributed by atoms with Gasteiger partial charge in [-0.1, -0.05) is 11.6 Å². The number of carbonyl (C=O) groups is 2. The molecule has 0 radical (unpaired) electrons. The molecule has 35 heavy (non-hydrogen) atoms. The van der Waals surface area contributed by atoms with Crippen LogP contribution in [-0.4, -0.2) is 50.6 Å². The summed E-state index contributed by atoms with van der Waals surface area (Å²) in [6.45, 7) is 2.38. The summed E-state index contributed by atoms with van der Waals surface area (Å²) in [7, 11) is 0. The fraction of sp³-hybridized carbons (Fsp3) is 0.231. The van der Waals surface area contributed by atoms with Crippen LogP contribution in [-0.2, 0) is 9.47 Å². The molecule has 0 spiro atoms. The third kappa shape index (κ3) is 6.51. The van der Waals surface area contributed by atoms with Crippen molar-refractivity contribution in [3.8, 4) is 23.0 Å². The lowest BCUT2D eigenvalue weighted by Crippen LogP contribution is -2.10. The normalized spacial score (nSPS) is 17.9. The number of hydrogen-bond donors (Lipinski definition) is 0. The van der Waals surface area contributed by atoms with E-state index >= 15 is 0 Å². The molecule has 0 aromatic heterocycles. The first-order chi connectivity index (χ1) is 17.0. The van der Waals surface area contributed by atoms with Gasteiger partial charge in [-0.2, -0.15) is 0 Å². The Morgan fingerprint density at radius 3 is 1.63 bits per heavy atom. The van der Waals surface area contributed by atoms with E-state index in [1.165, 1.54) is 18.2 Å². The van der Waals surface area contributed by atoms with Crippen molar-refractivity contribution in [2.75, 3.05) is 26.4 Å². The number of rotatable bonds is 10. The molecule has 180 valence electrons. The van der Waals surface area contributed by atoms with E-state index in [1.54, 1.807) is 48.5 Å². The topological polar surface area (TPSA) is 96.1 Å². The highest BCUT2D eigenvalue weighted by atomic mass is 35.5. The average molecular weight is 497 g/mol. The number of epoxide rings is 2. The molecule has 9 heteroatoms. The summed E-state index contributed by atoms with van der Waals surface area (Å²) in [5, 5.41) is 0.124. The molecule has 3 aromatic carbocycles. The molecule has 2 heterocycles. The van der Waals surface area contributed by atoms with E-state index in [2.05, 4.69) is 0 Å². The SMILES string of the molecule is O=C(Oc1ccc(OC(=O)c2ccc(OCC3CO3)cc2)c(Cl)c1)c1ccc(OCC2CO2)cc1. The van der Waals surface area contributed by atoms with Gasteiger partial charge in [0, 0.05) is 6.07 Å². The molecule has 2 atom stereocenters. The van der Waals surface area contributed by atoms with Crippen molar-refractivity contribution in [3.05, 3.63) is 82.9 Å². The van der Waals surface area contributed by atoms with Crippen molar-refractivity contribution >= 4 is 23.5 Å². The van der Waals surface area contributed by atoms with E-state index in [9.17, 15) is 9.59 Å². The average Bonchev–Trinajstić information content (AvgIpc) is 3.79. The highest BCUT2D eigenvalue weighted by Crippen LogP contribution is 2.30. The minimum Gasteiger partial charge on any atom is -0.491 e. The van der Waals surface area contributed by atoms with Gasteiger partial charge in [0.05, 0.1) is 29.4 Å². The van der Waals surface area contributed by atoms with E-state index in [-0.39, 0.29) is 28.7 Å². The van der Waals surface area contributed by atoms with E-state index < -0.39 is 11.9 Å². The first-order valence-electron chi connectivity index (χ1n) is 11.0. The summed E-state index contributed by atoms with van der Waals surface area (Å²) in [6.07, 6.45) is 0.302. The monoisotopic (exact) mass is 496 g/mol. The molecular weight excluding hydrogens is 476 g/mol. The van der Waals surface area contributed by atoms with Gasteiger partial charge in [0.25, 0.3) is 0 Å². The van der Waals surface area contributed by atoms with Gasteiger partial charge in [-0.15, -0.1) is 0 Å². The predicted molar refractivity (Wildman–Crippen MR) is 125 cm³/mol. The van der Waals surface area contributed by atoms with Crippen molar-refractivity contribution < 1.29 is 38.0 Å². The largest absolute Gasteiger partial charge is 0.491 e. The van der Waals surface area contributed by atoms with Gasteiger partial charge < -0.3 is 28.4 Å². The van der Waals surface area contributed by atoms with Gasteiger partial charge >= 0.3 is 11.9 Å². The van der Waals surface area contributed by atoms with E-state index in [4.69, 9.17) is 40.0 Å². The smallest absolute Gasteiger partial charge is 0.343 e.